The molecule has 0 radical (unpaired) electrons. The van der Waals surface area contributed by atoms with E-state index in [1.807, 2.05) is 0 Å². The number of rotatable bonds is 5. The Morgan fingerprint density at radius 3 is 2.32 bits per heavy atom. The van der Waals surface area contributed by atoms with E-state index in [2.05, 4.69) is 5.32 Å². The van der Waals surface area contributed by atoms with Crippen molar-refractivity contribution < 1.29 is 28.0 Å². The summed E-state index contributed by atoms with van der Waals surface area (Å²) in [6.45, 7) is 0.106. The highest BCUT2D eigenvalue weighted by Crippen LogP contribution is 2.45. The van der Waals surface area contributed by atoms with E-state index in [9.17, 15) is 28.0 Å². The molecule has 2 aromatic carbocycles. The van der Waals surface area contributed by atoms with E-state index in [0.29, 0.717) is 16.7 Å². The Labute approximate surface area is 222 Å². The van der Waals surface area contributed by atoms with Crippen molar-refractivity contribution in [3.8, 4) is 0 Å². The van der Waals surface area contributed by atoms with Gasteiger partial charge in [-0.2, -0.15) is 8.78 Å². The summed E-state index contributed by atoms with van der Waals surface area (Å²) < 4.78 is 29.9. The third-order valence-corrected chi connectivity index (χ3v) is 8.20. The van der Waals surface area contributed by atoms with E-state index in [1.54, 1.807) is 49.6 Å². The number of nitrogens with zero attached hydrogens (tertiary/aromatic N) is 2. The molecule has 4 amide bonds. The molecule has 2 atom stereocenters. The molecule has 0 bridgehead atoms. The molecular weight excluding hydrogens is 498 g/mol. The molecule has 15 heteroatoms. The second-order valence-electron chi connectivity index (χ2n) is 10.5. The van der Waals surface area contributed by atoms with Gasteiger partial charge in [0.25, 0.3) is 11.8 Å². The van der Waals surface area contributed by atoms with Crippen LogP contribution in [0.5, 0.6) is 0 Å². The molecule has 1 N–H and O–H groups in total. The van der Waals surface area contributed by atoms with Gasteiger partial charge in [0.05, 0.1) is 5.44 Å². The molecule has 2 aliphatic rings. The Morgan fingerprint density at radius 2 is 1.73 bits per heavy atom. The summed E-state index contributed by atoms with van der Waals surface area (Å²) in [5.41, 5.74) is -0.185. The zero-order valence-corrected chi connectivity index (χ0v) is 22.0. The third kappa shape index (κ3) is 4.29. The molecule has 7 nitrogen and oxygen atoms in total. The molecule has 4 rings (SSSR count). The SMILES string of the molecule is BC(c1ccc2c(c1)CN([C@]1(B)C(=O)NC(=O)CC1(B)B)C2=O)N(B)C(=O)C(F)(F)c1ccc(Cl)cc1. The Hall–Kier alpha value is -3.01. The van der Waals surface area contributed by atoms with Crippen molar-refractivity contribution in [3.05, 3.63) is 69.7 Å². The number of hydrogen-bond acceptors (Lipinski definition) is 4. The monoisotopic (exact) mass is 521 g/mol. The van der Waals surface area contributed by atoms with E-state index in [4.69, 9.17) is 11.6 Å². The molecule has 2 aliphatic heterocycles. The van der Waals surface area contributed by atoms with Crippen LogP contribution in [0.3, 0.4) is 0 Å². The first-order valence-corrected chi connectivity index (χ1v) is 12.2. The van der Waals surface area contributed by atoms with Gasteiger partial charge in [-0.15, -0.1) is 0 Å². The molecule has 0 aromatic heterocycles. The van der Waals surface area contributed by atoms with Crippen LogP contribution in [0.2, 0.25) is 10.2 Å². The fraction of sp³-hybridized carbons (Fsp3) is 0.273. The van der Waals surface area contributed by atoms with Gasteiger partial charge in [0.1, 0.15) is 31.4 Å². The van der Waals surface area contributed by atoms with Gasteiger partial charge in [0.15, 0.2) is 0 Å². The number of carbonyl (C=O) groups is 4. The lowest BCUT2D eigenvalue weighted by molar-refractivity contribution is -0.154. The quantitative estimate of drug-likeness (QED) is 0.360. The number of amides is 4. The maximum atomic E-state index is 15.0. The van der Waals surface area contributed by atoms with Crippen molar-refractivity contribution in [2.24, 2.45) is 0 Å². The van der Waals surface area contributed by atoms with Crippen LogP contribution in [-0.2, 0) is 26.9 Å². The molecule has 1 saturated heterocycles. The van der Waals surface area contributed by atoms with Gasteiger partial charge >= 0.3 is 5.92 Å². The lowest BCUT2D eigenvalue weighted by Crippen LogP contribution is -2.70. The van der Waals surface area contributed by atoms with Gasteiger partial charge < -0.3 is 9.71 Å². The summed E-state index contributed by atoms with van der Waals surface area (Å²) in [4.78, 5) is 53.5. The molecule has 37 heavy (non-hydrogen) atoms. The van der Waals surface area contributed by atoms with Gasteiger partial charge in [0.2, 0.25) is 19.8 Å². The van der Waals surface area contributed by atoms with Gasteiger partial charge in [0, 0.05) is 35.1 Å². The van der Waals surface area contributed by atoms with Crippen LogP contribution in [-0.4, -0.2) is 78.1 Å². The average Bonchev–Trinajstić information content (AvgIpc) is 3.16. The maximum absolute atomic E-state index is 15.0. The Kier molecular flexibility index (Phi) is 6.63. The summed E-state index contributed by atoms with van der Waals surface area (Å²) >= 11 is 5.78. The third-order valence-electron chi connectivity index (χ3n) is 7.95. The van der Waals surface area contributed by atoms with E-state index in [0.717, 1.165) is 16.9 Å². The first-order chi connectivity index (χ1) is 17.1. The molecule has 0 spiro atoms. The first kappa shape index (κ1) is 27.0. The van der Waals surface area contributed by atoms with Crippen molar-refractivity contribution >= 4 is 74.6 Å². The highest BCUT2D eigenvalue weighted by atomic mass is 35.5. The molecule has 1 unspecified atom stereocenters. The number of halogens is 3. The number of nitrogens with one attached hydrogen (secondary N) is 1. The van der Waals surface area contributed by atoms with E-state index in [-0.39, 0.29) is 23.9 Å². The van der Waals surface area contributed by atoms with Crippen LogP contribution in [0.15, 0.2) is 42.5 Å². The van der Waals surface area contributed by atoms with Gasteiger partial charge in [-0.05, 0) is 29.3 Å². The van der Waals surface area contributed by atoms with Crippen LogP contribution in [0.4, 0.5) is 8.78 Å². The first-order valence-electron chi connectivity index (χ1n) is 11.8. The molecule has 1 fully saturated rings. The van der Waals surface area contributed by atoms with E-state index >= 15 is 0 Å². The number of imide groups is 1. The number of benzene rings is 2. The Balaban J connectivity index is 1.59. The molecule has 0 aliphatic carbocycles. The minimum absolute atomic E-state index is 0.0758. The number of fused-ring (bicyclic) bond motifs is 1. The number of hydrogen-bond donors (Lipinski definition) is 1. The van der Waals surface area contributed by atoms with Gasteiger partial charge in [-0.25, -0.2) is 0 Å². The smallest absolute Gasteiger partial charge is 0.348 e. The van der Waals surface area contributed by atoms with Crippen molar-refractivity contribution in [1.29, 1.82) is 0 Å². The minimum atomic E-state index is -3.76. The van der Waals surface area contributed by atoms with Crippen molar-refractivity contribution in [2.75, 3.05) is 0 Å². The lowest BCUT2D eigenvalue weighted by atomic mass is 9.36. The standard InChI is InChI=1S/C22H23B5ClF2N3O4/c23-16(33(27)19(37)21(29,30)12-2-4-13(28)5-3-12)10-1-6-14-11(7-10)9-32(17(14)35)22(26)18(36)31-15(34)8-20(22,24)25/h1-7,16H,8-9,23-27H2,(H,31,34,36)/t16?,22-/m1/s1. The summed E-state index contributed by atoms with van der Waals surface area (Å²) in [6, 6.07) is 9.74. The van der Waals surface area contributed by atoms with Crippen molar-refractivity contribution in [2.45, 2.75) is 35.5 Å². The maximum Gasteiger partial charge on any atom is 0.348 e. The zero-order valence-electron chi connectivity index (χ0n) is 21.2. The Bertz CT molecular complexity index is 1330. The normalized spacial score (nSPS) is 21.8. The minimum Gasteiger partial charge on any atom is -0.389 e. The lowest BCUT2D eigenvalue weighted by Gasteiger charge is -2.51. The van der Waals surface area contributed by atoms with Crippen molar-refractivity contribution in [3.63, 3.8) is 0 Å². The van der Waals surface area contributed by atoms with Crippen LogP contribution in [0.1, 0.15) is 39.4 Å². The topological polar surface area (TPSA) is 86.8 Å². The predicted octanol–water partition coefficient (Wildman–Crippen LogP) is -2.15. The van der Waals surface area contributed by atoms with Crippen LogP contribution in [0.25, 0.3) is 0 Å². The van der Waals surface area contributed by atoms with Crippen LogP contribution in [0, 0.1) is 0 Å². The summed E-state index contributed by atoms with van der Waals surface area (Å²) in [7, 11) is 8.11. The molecule has 186 valence electrons. The summed E-state index contributed by atoms with van der Waals surface area (Å²) in [5, 5.41) is 1.81. The predicted molar refractivity (Wildman–Crippen MR) is 147 cm³/mol. The number of piperidine rings is 1. The highest BCUT2D eigenvalue weighted by molar-refractivity contribution is 6.52. The van der Waals surface area contributed by atoms with Crippen molar-refractivity contribution in [1.82, 2.24) is 15.0 Å². The molecule has 0 saturated carbocycles. The average molecular weight is 521 g/mol. The Morgan fingerprint density at radius 1 is 1.11 bits per heavy atom. The van der Waals surface area contributed by atoms with Gasteiger partial charge in [-0.3, -0.25) is 24.5 Å². The van der Waals surface area contributed by atoms with Crippen LogP contribution < -0.4 is 5.32 Å². The van der Waals surface area contributed by atoms with Gasteiger partial charge in [-0.1, -0.05) is 41.1 Å². The largest absolute Gasteiger partial charge is 0.389 e. The summed E-state index contributed by atoms with van der Waals surface area (Å²) in [5.74, 6) is -7.16. The number of alkyl halides is 2. The number of carbonyl (C=O) groups excluding carboxylic acids is 4. The fourth-order valence-corrected chi connectivity index (χ4v) is 5.15. The molecule has 2 aromatic rings. The zero-order chi connectivity index (χ0) is 27.5. The highest BCUT2D eigenvalue weighted by Gasteiger charge is 2.57. The second-order valence-corrected chi connectivity index (χ2v) is 10.9. The fourth-order valence-electron chi connectivity index (χ4n) is 5.03. The molecule has 2 heterocycles. The van der Waals surface area contributed by atoms with E-state index in [1.165, 1.54) is 25.0 Å². The second kappa shape index (κ2) is 9.08. The molecular formula is C22H23B5ClF2N3O4. The van der Waals surface area contributed by atoms with Crippen LogP contribution >= 0.6 is 11.6 Å². The summed E-state index contributed by atoms with van der Waals surface area (Å²) in [6.07, 6.45) is 0.0758. The van der Waals surface area contributed by atoms with E-state index < -0.39 is 45.8 Å².